The minimum Gasteiger partial charge on any atom is -0.468 e. The maximum Gasteiger partial charge on any atom is 0.269 e. The molecule has 136 valence electrons. The van der Waals surface area contributed by atoms with Crippen LogP contribution < -0.4 is 10.0 Å². The maximum absolute atomic E-state index is 12.5. The molecule has 1 aliphatic rings. The zero-order chi connectivity index (χ0) is 17.9. The first-order valence-electron chi connectivity index (χ1n) is 7.84. The van der Waals surface area contributed by atoms with Crippen molar-refractivity contribution >= 4 is 32.4 Å². The van der Waals surface area contributed by atoms with Crippen LogP contribution in [0.3, 0.4) is 0 Å². The Balaban J connectivity index is 1.71. The zero-order valence-corrected chi connectivity index (χ0v) is 15.3. The van der Waals surface area contributed by atoms with Crippen LogP contribution in [0.15, 0.2) is 27.2 Å². The monoisotopic (exact) mass is 385 g/mol. The van der Waals surface area contributed by atoms with E-state index in [1.54, 1.807) is 12.3 Å². The van der Waals surface area contributed by atoms with E-state index >= 15 is 0 Å². The van der Waals surface area contributed by atoms with E-state index in [0.717, 1.165) is 43.0 Å². The third kappa shape index (κ3) is 4.42. The molecule has 1 atom stereocenters. The van der Waals surface area contributed by atoms with Gasteiger partial charge in [0.1, 0.15) is 5.76 Å². The van der Waals surface area contributed by atoms with Gasteiger partial charge in [-0.3, -0.25) is 9.69 Å². The van der Waals surface area contributed by atoms with Gasteiger partial charge in [-0.05, 0) is 38.1 Å². The van der Waals surface area contributed by atoms with Gasteiger partial charge >= 0.3 is 0 Å². The Morgan fingerprint density at radius 1 is 1.40 bits per heavy atom. The molecule has 1 unspecified atom stereocenters. The number of rotatable bonds is 7. The van der Waals surface area contributed by atoms with Crippen LogP contribution in [0.5, 0.6) is 0 Å². The Kier molecular flexibility index (Phi) is 5.47. The van der Waals surface area contributed by atoms with E-state index in [0.29, 0.717) is 0 Å². The van der Waals surface area contributed by atoms with E-state index in [1.807, 2.05) is 6.07 Å². The van der Waals surface area contributed by atoms with Crippen molar-refractivity contribution in [2.75, 3.05) is 25.0 Å². The molecule has 1 fully saturated rings. The molecular formula is C14H19N5O4S2. The largest absolute Gasteiger partial charge is 0.468 e. The summed E-state index contributed by atoms with van der Waals surface area (Å²) in [5.41, 5.74) is 0. The van der Waals surface area contributed by atoms with Crippen LogP contribution in [0.25, 0.3) is 0 Å². The number of carbonyl (C=O) groups excluding carboxylic acids is 1. The highest BCUT2D eigenvalue weighted by atomic mass is 32.2. The second-order valence-electron chi connectivity index (χ2n) is 5.68. The highest BCUT2D eigenvalue weighted by Gasteiger charge is 2.28. The predicted octanol–water partition coefficient (Wildman–Crippen LogP) is 1.20. The highest BCUT2D eigenvalue weighted by Crippen LogP contribution is 2.26. The fraction of sp³-hybridized carbons (Fsp3) is 0.500. The van der Waals surface area contributed by atoms with Crippen LogP contribution in [0.4, 0.5) is 5.13 Å². The molecule has 1 amide bonds. The average Bonchev–Trinajstić information content (AvgIpc) is 3.29. The second-order valence-corrected chi connectivity index (χ2v) is 8.60. The molecule has 11 heteroatoms. The van der Waals surface area contributed by atoms with Gasteiger partial charge in [0.05, 0.1) is 12.3 Å². The van der Waals surface area contributed by atoms with Crippen molar-refractivity contribution < 1.29 is 17.6 Å². The van der Waals surface area contributed by atoms with Crippen LogP contribution in [0.2, 0.25) is 0 Å². The van der Waals surface area contributed by atoms with Gasteiger partial charge in [-0.25, -0.2) is 13.1 Å². The quantitative estimate of drug-likeness (QED) is 0.688. The summed E-state index contributed by atoms with van der Waals surface area (Å²) in [6, 6.07) is 3.46. The molecule has 0 aliphatic carbocycles. The summed E-state index contributed by atoms with van der Waals surface area (Å²) in [5, 5.41) is 9.88. The van der Waals surface area contributed by atoms with Crippen molar-refractivity contribution in [3.63, 3.8) is 0 Å². The lowest BCUT2D eigenvalue weighted by molar-refractivity contribution is -0.114. The fourth-order valence-corrected chi connectivity index (χ4v) is 4.74. The number of hydrogen-bond acceptors (Lipinski definition) is 8. The molecule has 2 aromatic heterocycles. The van der Waals surface area contributed by atoms with Crippen molar-refractivity contribution in [3.8, 4) is 0 Å². The van der Waals surface area contributed by atoms with Crippen molar-refractivity contribution in [1.82, 2.24) is 19.8 Å². The lowest BCUT2D eigenvalue weighted by Gasteiger charge is -2.25. The summed E-state index contributed by atoms with van der Waals surface area (Å²) < 4.78 is 32.8. The number of furan rings is 1. The van der Waals surface area contributed by atoms with Crippen LogP contribution >= 0.6 is 11.3 Å². The Labute approximate surface area is 149 Å². The standard InChI is InChI=1S/C14H19N5O4S2/c1-10(20)16-13-17-18-14(24-13)25(21,22)15-9-11(12-5-4-8-23-12)19-6-2-3-7-19/h4-5,8,11,15H,2-3,6-7,9H2,1H3,(H,16,17,20). The second kappa shape index (κ2) is 7.60. The minimum absolute atomic E-state index is 0.148. The van der Waals surface area contributed by atoms with E-state index in [2.05, 4.69) is 25.1 Å². The summed E-state index contributed by atoms with van der Waals surface area (Å²) in [4.78, 5) is 13.2. The first kappa shape index (κ1) is 18.0. The normalized spacial score (nSPS) is 16.8. The molecule has 2 N–H and O–H groups in total. The number of carbonyl (C=O) groups is 1. The minimum atomic E-state index is -3.82. The molecule has 3 heterocycles. The molecule has 0 spiro atoms. The summed E-state index contributed by atoms with van der Waals surface area (Å²) in [6.45, 7) is 3.29. The molecule has 2 aromatic rings. The van der Waals surface area contributed by atoms with Gasteiger partial charge in [0, 0.05) is 13.5 Å². The molecule has 0 bridgehead atoms. The number of nitrogens with one attached hydrogen (secondary N) is 2. The number of hydrogen-bond donors (Lipinski definition) is 2. The molecule has 9 nitrogen and oxygen atoms in total. The van der Waals surface area contributed by atoms with Gasteiger partial charge in [0.2, 0.25) is 15.4 Å². The topological polar surface area (TPSA) is 117 Å². The Morgan fingerprint density at radius 2 is 2.16 bits per heavy atom. The van der Waals surface area contributed by atoms with Gasteiger partial charge in [-0.1, -0.05) is 11.3 Å². The lowest BCUT2D eigenvalue weighted by atomic mass is 10.2. The van der Waals surface area contributed by atoms with E-state index < -0.39 is 10.0 Å². The van der Waals surface area contributed by atoms with Gasteiger partial charge in [-0.2, -0.15) is 0 Å². The van der Waals surface area contributed by atoms with Crippen LogP contribution in [-0.2, 0) is 14.8 Å². The van der Waals surface area contributed by atoms with Crippen LogP contribution in [-0.4, -0.2) is 49.1 Å². The number of nitrogens with zero attached hydrogens (tertiary/aromatic N) is 3. The third-order valence-electron chi connectivity index (χ3n) is 3.84. The lowest BCUT2D eigenvalue weighted by Crippen LogP contribution is -2.36. The van der Waals surface area contributed by atoms with E-state index in [4.69, 9.17) is 4.42 Å². The van der Waals surface area contributed by atoms with Crippen molar-refractivity contribution in [2.24, 2.45) is 0 Å². The van der Waals surface area contributed by atoms with Gasteiger partial charge < -0.3 is 9.73 Å². The van der Waals surface area contributed by atoms with E-state index in [-0.39, 0.29) is 28.0 Å². The molecular weight excluding hydrogens is 366 g/mol. The number of sulfonamides is 1. The average molecular weight is 385 g/mol. The number of aromatic nitrogens is 2. The van der Waals surface area contributed by atoms with Crippen molar-refractivity contribution in [2.45, 2.75) is 30.1 Å². The molecule has 1 saturated heterocycles. The Hall–Kier alpha value is -1.82. The molecule has 0 aromatic carbocycles. The Morgan fingerprint density at radius 3 is 2.80 bits per heavy atom. The van der Waals surface area contributed by atoms with E-state index in [9.17, 15) is 13.2 Å². The summed E-state index contributed by atoms with van der Waals surface area (Å²) in [7, 11) is -3.82. The molecule has 0 saturated carbocycles. The van der Waals surface area contributed by atoms with Gasteiger partial charge in [0.15, 0.2) is 0 Å². The third-order valence-corrected chi connectivity index (χ3v) is 6.47. The summed E-state index contributed by atoms with van der Waals surface area (Å²) in [6.07, 6.45) is 3.75. The predicted molar refractivity (Wildman–Crippen MR) is 91.7 cm³/mol. The van der Waals surface area contributed by atoms with E-state index in [1.165, 1.54) is 6.92 Å². The van der Waals surface area contributed by atoms with Crippen molar-refractivity contribution in [3.05, 3.63) is 24.2 Å². The number of likely N-dealkylation sites (tertiary alicyclic amines) is 1. The summed E-state index contributed by atoms with van der Waals surface area (Å²) in [5.74, 6) is 0.390. The zero-order valence-electron chi connectivity index (χ0n) is 13.6. The number of anilines is 1. The molecule has 0 radical (unpaired) electrons. The SMILES string of the molecule is CC(=O)Nc1nnc(S(=O)(=O)NCC(c2ccco2)N2CCCC2)s1. The summed E-state index contributed by atoms with van der Waals surface area (Å²) >= 11 is 0.808. The number of amides is 1. The van der Waals surface area contributed by atoms with Crippen LogP contribution in [0, 0.1) is 0 Å². The molecule has 25 heavy (non-hydrogen) atoms. The Bertz CT molecular complexity index is 812. The smallest absolute Gasteiger partial charge is 0.269 e. The molecule has 3 rings (SSSR count). The van der Waals surface area contributed by atoms with Crippen molar-refractivity contribution in [1.29, 1.82) is 0 Å². The first-order chi connectivity index (χ1) is 12.0. The van der Waals surface area contributed by atoms with Gasteiger partial charge in [0.25, 0.3) is 10.0 Å². The fourth-order valence-electron chi connectivity index (χ4n) is 2.71. The molecule has 1 aliphatic heterocycles. The highest BCUT2D eigenvalue weighted by molar-refractivity contribution is 7.91. The van der Waals surface area contributed by atoms with Gasteiger partial charge in [-0.15, -0.1) is 10.2 Å². The first-order valence-corrected chi connectivity index (χ1v) is 10.1. The van der Waals surface area contributed by atoms with Crippen LogP contribution in [0.1, 0.15) is 31.6 Å². The maximum atomic E-state index is 12.5.